The van der Waals surface area contributed by atoms with E-state index in [-0.39, 0.29) is 5.75 Å². The van der Waals surface area contributed by atoms with E-state index < -0.39 is 22.5 Å². The first-order valence-electron chi connectivity index (χ1n) is 4.57. The highest BCUT2D eigenvalue weighted by Crippen LogP contribution is 2.16. The van der Waals surface area contributed by atoms with Gasteiger partial charge in [0.15, 0.2) is 4.87 Å². The summed E-state index contributed by atoms with van der Waals surface area (Å²) in [6.45, 7) is 5.14. The highest BCUT2D eigenvalue weighted by molar-refractivity contribution is 7.86. The Labute approximate surface area is 106 Å². The Balaban J connectivity index is 4.55. The van der Waals surface area contributed by atoms with E-state index in [1.165, 1.54) is 7.11 Å². The zero-order valence-electron chi connectivity index (χ0n) is 9.73. The number of ether oxygens (including phenoxy) is 2. The van der Waals surface area contributed by atoms with Gasteiger partial charge >= 0.3 is 12.1 Å². The Bertz CT molecular complexity index is 277. The minimum absolute atomic E-state index is 0.0119. The molecule has 0 rings (SSSR count). The van der Waals surface area contributed by atoms with E-state index in [9.17, 15) is 9.59 Å². The van der Waals surface area contributed by atoms with Gasteiger partial charge in [-0.2, -0.15) is 12.6 Å². The SMILES string of the molecule is COC(=O)[C@@](S)(CS)NC(=O)OC(C)(C)C. The molecular weight excluding hydrogens is 250 g/mol. The Hall–Kier alpha value is -0.560. The predicted octanol–water partition coefficient (Wildman–Crippen LogP) is 1.24. The largest absolute Gasteiger partial charge is 0.467 e. The number of alkyl carbamates (subject to hydrolysis) is 1. The quantitative estimate of drug-likeness (QED) is 0.409. The molecule has 94 valence electrons. The topological polar surface area (TPSA) is 64.6 Å². The van der Waals surface area contributed by atoms with Crippen LogP contribution in [0.15, 0.2) is 0 Å². The van der Waals surface area contributed by atoms with Crippen LogP contribution in [0.2, 0.25) is 0 Å². The molecule has 5 nitrogen and oxygen atoms in total. The standard InChI is InChI=1S/C9H17NO4S2/c1-8(2,3)14-7(12)10-9(16,5-15)6(11)13-4/h15-16H,5H2,1-4H3,(H,10,12)/t9-/m0/s1. The second-order valence-electron chi connectivity index (χ2n) is 4.14. The number of methoxy groups -OCH3 is 1. The smallest absolute Gasteiger partial charge is 0.409 e. The first-order chi connectivity index (χ1) is 7.14. The van der Waals surface area contributed by atoms with Gasteiger partial charge in [-0.3, -0.25) is 5.32 Å². The molecule has 0 bridgehead atoms. The van der Waals surface area contributed by atoms with Crippen molar-refractivity contribution >= 4 is 37.3 Å². The molecule has 0 heterocycles. The van der Waals surface area contributed by atoms with Gasteiger partial charge in [-0.05, 0) is 20.8 Å². The number of hydrogen-bond acceptors (Lipinski definition) is 6. The first-order valence-corrected chi connectivity index (χ1v) is 5.65. The van der Waals surface area contributed by atoms with E-state index in [1.807, 2.05) is 0 Å². The van der Waals surface area contributed by atoms with Crippen LogP contribution in [0.5, 0.6) is 0 Å². The van der Waals surface area contributed by atoms with Crippen molar-refractivity contribution in [3.63, 3.8) is 0 Å². The molecule has 0 radical (unpaired) electrons. The summed E-state index contributed by atoms with van der Waals surface area (Å²) < 4.78 is 9.49. The Morgan fingerprint density at radius 3 is 2.12 bits per heavy atom. The van der Waals surface area contributed by atoms with Crippen molar-refractivity contribution in [2.24, 2.45) is 0 Å². The maximum atomic E-state index is 11.4. The third-order valence-electron chi connectivity index (χ3n) is 1.46. The lowest BCUT2D eigenvalue weighted by molar-refractivity contribution is -0.143. The third-order valence-corrected chi connectivity index (χ3v) is 2.64. The molecule has 0 fully saturated rings. The molecule has 0 aliphatic carbocycles. The fourth-order valence-electron chi connectivity index (χ4n) is 0.796. The van der Waals surface area contributed by atoms with Gasteiger partial charge in [0.2, 0.25) is 0 Å². The second-order valence-corrected chi connectivity index (χ2v) is 5.22. The lowest BCUT2D eigenvalue weighted by atomic mass is 10.2. The van der Waals surface area contributed by atoms with Crippen molar-refractivity contribution in [2.75, 3.05) is 12.9 Å². The minimum Gasteiger partial charge on any atom is -0.467 e. The third kappa shape index (κ3) is 4.98. The van der Waals surface area contributed by atoms with Crippen molar-refractivity contribution in [3.05, 3.63) is 0 Å². The monoisotopic (exact) mass is 267 g/mol. The average molecular weight is 267 g/mol. The van der Waals surface area contributed by atoms with Gasteiger partial charge in [0, 0.05) is 5.75 Å². The average Bonchev–Trinajstić information content (AvgIpc) is 2.13. The van der Waals surface area contributed by atoms with Crippen LogP contribution in [0.3, 0.4) is 0 Å². The Kier molecular flexibility index (Phi) is 5.48. The number of carbonyl (C=O) groups excluding carboxylic acids is 2. The fraction of sp³-hybridized carbons (Fsp3) is 0.778. The summed E-state index contributed by atoms with van der Waals surface area (Å²) in [5.74, 6) is -0.709. The van der Waals surface area contributed by atoms with Crippen LogP contribution in [0.25, 0.3) is 0 Å². The Morgan fingerprint density at radius 1 is 1.31 bits per heavy atom. The van der Waals surface area contributed by atoms with Crippen molar-refractivity contribution < 1.29 is 19.1 Å². The zero-order chi connectivity index (χ0) is 13.0. The molecule has 1 N–H and O–H groups in total. The van der Waals surface area contributed by atoms with Gasteiger partial charge < -0.3 is 9.47 Å². The van der Waals surface area contributed by atoms with Gasteiger partial charge in [0.25, 0.3) is 0 Å². The molecule has 0 aliphatic heterocycles. The molecule has 1 atom stereocenters. The molecule has 1 amide bonds. The maximum absolute atomic E-state index is 11.4. The molecule has 0 unspecified atom stereocenters. The van der Waals surface area contributed by atoms with Crippen LogP contribution in [0, 0.1) is 0 Å². The van der Waals surface area contributed by atoms with E-state index in [1.54, 1.807) is 20.8 Å². The number of hydrogen-bond donors (Lipinski definition) is 3. The van der Waals surface area contributed by atoms with Crippen LogP contribution in [-0.4, -0.2) is 35.4 Å². The zero-order valence-corrected chi connectivity index (χ0v) is 11.5. The molecule has 0 aromatic heterocycles. The number of nitrogens with one attached hydrogen (secondary N) is 1. The van der Waals surface area contributed by atoms with E-state index in [0.717, 1.165) is 0 Å². The number of amides is 1. The summed E-state index contributed by atoms with van der Waals surface area (Å²) in [4.78, 5) is 21.3. The van der Waals surface area contributed by atoms with Crippen LogP contribution in [-0.2, 0) is 14.3 Å². The lowest BCUT2D eigenvalue weighted by Gasteiger charge is -2.27. The number of rotatable bonds is 3. The predicted molar refractivity (Wildman–Crippen MR) is 67.0 cm³/mol. The number of carbonyl (C=O) groups is 2. The minimum atomic E-state index is -1.49. The van der Waals surface area contributed by atoms with Crippen molar-refractivity contribution in [2.45, 2.75) is 31.2 Å². The maximum Gasteiger partial charge on any atom is 0.409 e. The van der Waals surface area contributed by atoms with E-state index in [0.29, 0.717) is 0 Å². The van der Waals surface area contributed by atoms with Gasteiger partial charge in [-0.25, -0.2) is 9.59 Å². The van der Waals surface area contributed by atoms with Gasteiger partial charge in [-0.1, -0.05) is 0 Å². The highest BCUT2D eigenvalue weighted by Gasteiger charge is 2.37. The summed E-state index contributed by atoms with van der Waals surface area (Å²) in [5, 5.41) is 2.30. The van der Waals surface area contributed by atoms with Gasteiger partial charge in [-0.15, -0.1) is 12.6 Å². The normalized spacial score (nSPS) is 14.9. The second kappa shape index (κ2) is 5.67. The molecule has 0 aliphatic rings. The van der Waals surface area contributed by atoms with E-state index >= 15 is 0 Å². The summed E-state index contributed by atoms with van der Waals surface area (Å²) >= 11 is 7.95. The Morgan fingerprint density at radius 2 is 1.81 bits per heavy atom. The summed E-state index contributed by atoms with van der Waals surface area (Å²) in [7, 11) is 1.20. The molecule has 0 spiro atoms. The van der Waals surface area contributed by atoms with E-state index in [4.69, 9.17) is 4.74 Å². The van der Waals surface area contributed by atoms with Crippen LogP contribution >= 0.6 is 25.3 Å². The van der Waals surface area contributed by atoms with Gasteiger partial charge in [0.1, 0.15) is 5.60 Å². The summed E-state index contributed by atoms with van der Waals surface area (Å²) in [5.41, 5.74) is -0.647. The fourth-order valence-corrected chi connectivity index (χ4v) is 1.19. The molecule has 0 saturated heterocycles. The van der Waals surface area contributed by atoms with Crippen molar-refractivity contribution in [1.29, 1.82) is 0 Å². The lowest BCUT2D eigenvalue weighted by Crippen LogP contribution is -2.53. The summed E-state index contributed by atoms with van der Waals surface area (Å²) in [6.07, 6.45) is -0.748. The first kappa shape index (κ1) is 15.4. The van der Waals surface area contributed by atoms with E-state index in [2.05, 4.69) is 35.3 Å². The van der Waals surface area contributed by atoms with Crippen molar-refractivity contribution in [3.8, 4) is 0 Å². The van der Waals surface area contributed by atoms with Gasteiger partial charge in [0.05, 0.1) is 7.11 Å². The molecule has 0 aromatic rings. The molecule has 7 heteroatoms. The highest BCUT2D eigenvalue weighted by atomic mass is 32.1. The van der Waals surface area contributed by atoms with Crippen molar-refractivity contribution in [1.82, 2.24) is 5.32 Å². The van der Waals surface area contributed by atoms with Crippen LogP contribution in [0.4, 0.5) is 4.79 Å². The molecule has 0 aromatic carbocycles. The number of thiol groups is 2. The number of esters is 1. The molecular formula is C9H17NO4S2. The van der Waals surface area contributed by atoms with Crippen LogP contribution in [0.1, 0.15) is 20.8 Å². The molecule has 16 heavy (non-hydrogen) atoms. The van der Waals surface area contributed by atoms with Crippen LogP contribution < -0.4 is 5.32 Å². The molecule has 0 saturated carbocycles. The summed E-state index contributed by atoms with van der Waals surface area (Å²) in [6, 6.07) is 0.